The molecule has 3 heteroatoms. The van der Waals surface area contributed by atoms with Crippen molar-refractivity contribution >= 4 is 17.0 Å². The van der Waals surface area contributed by atoms with Gasteiger partial charge in [-0.1, -0.05) is 29.8 Å². The Bertz CT molecular complexity index is 803. The van der Waals surface area contributed by atoms with Crippen LogP contribution in [-0.4, -0.2) is 4.98 Å². The van der Waals surface area contributed by atoms with Gasteiger partial charge in [0.25, 0.3) is 0 Å². The molecule has 2 aromatic carbocycles. The molecule has 0 saturated heterocycles. The van der Waals surface area contributed by atoms with Gasteiger partial charge >= 0.3 is 0 Å². The molecule has 0 amide bonds. The molecule has 0 unspecified atom stereocenters. The fourth-order valence-electron chi connectivity index (χ4n) is 2.44. The van der Waals surface area contributed by atoms with Crippen LogP contribution in [0.5, 0.6) is 0 Å². The van der Waals surface area contributed by atoms with E-state index < -0.39 is 0 Å². The lowest BCUT2D eigenvalue weighted by atomic mass is 10.0. The van der Waals surface area contributed by atoms with Gasteiger partial charge in [-0.15, -0.1) is 11.3 Å². The van der Waals surface area contributed by atoms with Crippen LogP contribution in [0.4, 0.5) is 5.69 Å². The van der Waals surface area contributed by atoms with Crippen LogP contribution >= 0.6 is 11.3 Å². The number of nitrogens with zero attached hydrogens (tertiary/aromatic N) is 1. The third-order valence-electron chi connectivity index (χ3n) is 3.64. The van der Waals surface area contributed by atoms with Crippen molar-refractivity contribution in [3.63, 3.8) is 0 Å². The van der Waals surface area contributed by atoms with Crippen molar-refractivity contribution in [1.82, 2.24) is 4.98 Å². The molecule has 0 saturated carbocycles. The first-order valence-corrected chi connectivity index (χ1v) is 7.78. The van der Waals surface area contributed by atoms with E-state index in [1.165, 1.54) is 21.6 Å². The molecule has 3 aromatic rings. The fourth-order valence-corrected chi connectivity index (χ4v) is 3.42. The number of nitrogen functional groups attached to an aromatic ring is 1. The topological polar surface area (TPSA) is 38.9 Å². The maximum absolute atomic E-state index is 6.07. The summed E-state index contributed by atoms with van der Waals surface area (Å²) in [7, 11) is 0. The van der Waals surface area contributed by atoms with E-state index in [0.717, 1.165) is 22.0 Å². The molecular formula is C18H18N2S. The lowest BCUT2D eigenvalue weighted by molar-refractivity contribution is 1.32. The first-order valence-electron chi connectivity index (χ1n) is 6.96. The maximum atomic E-state index is 6.07. The summed E-state index contributed by atoms with van der Waals surface area (Å²) in [5.41, 5.74) is 12.7. The van der Waals surface area contributed by atoms with Crippen LogP contribution in [-0.2, 0) is 0 Å². The van der Waals surface area contributed by atoms with Gasteiger partial charge in [-0.05, 0) is 44.5 Å². The summed E-state index contributed by atoms with van der Waals surface area (Å²) in [5.74, 6) is 0. The van der Waals surface area contributed by atoms with E-state index in [1.54, 1.807) is 11.3 Å². The minimum absolute atomic E-state index is 0.777. The average molecular weight is 294 g/mol. The van der Waals surface area contributed by atoms with Crippen molar-refractivity contribution in [3.8, 4) is 21.8 Å². The summed E-state index contributed by atoms with van der Waals surface area (Å²) in [4.78, 5) is 6.08. The number of aromatic nitrogens is 1. The molecule has 1 aromatic heterocycles. The van der Waals surface area contributed by atoms with Gasteiger partial charge < -0.3 is 5.73 Å². The van der Waals surface area contributed by atoms with Crippen LogP contribution in [0.3, 0.4) is 0 Å². The zero-order chi connectivity index (χ0) is 15.0. The summed E-state index contributed by atoms with van der Waals surface area (Å²) in [5, 5.41) is 0.988. The number of thiazole rings is 1. The van der Waals surface area contributed by atoms with Crippen molar-refractivity contribution in [3.05, 3.63) is 58.5 Å². The van der Waals surface area contributed by atoms with E-state index in [4.69, 9.17) is 10.7 Å². The molecule has 0 aliphatic heterocycles. The summed E-state index contributed by atoms with van der Waals surface area (Å²) in [6, 6.07) is 14.4. The number of rotatable bonds is 2. The number of benzene rings is 2. The molecule has 3 rings (SSSR count). The molecule has 2 nitrogen and oxygen atoms in total. The van der Waals surface area contributed by atoms with Crippen molar-refractivity contribution in [1.29, 1.82) is 0 Å². The summed E-state index contributed by atoms with van der Waals surface area (Å²) >= 11 is 1.70. The van der Waals surface area contributed by atoms with E-state index in [1.807, 2.05) is 24.3 Å². The van der Waals surface area contributed by atoms with Crippen molar-refractivity contribution < 1.29 is 0 Å². The molecule has 1 heterocycles. The van der Waals surface area contributed by atoms with E-state index in [9.17, 15) is 0 Å². The number of para-hydroxylation sites is 1. The molecule has 0 fully saturated rings. The van der Waals surface area contributed by atoms with E-state index in [0.29, 0.717) is 0 Å². The van der Waals surface area contributed by atoms with Crippen LogP contribution in [0.1, 0.15) is 16.0 Å². The molecular weight excluding hydrogens is 276 g/mol. The lowest BCUT2D eigenvalue weighted by Crippen LogP contribution is -1.90. The second kappa shape index (κ2) is 5.34. The molecule has 0 aliphatic rings. The van der Waals surface area contributed by atoms with E-state index in [-0.39, 0.29) is 0 Å². The Morgan fingerprint density at radius 2 is 1.71 bits per heavy atom. The van der Waals surface area contributed by atoms with E-state index >= 15 is 0 Å². The predicted octanol–water partition coefficient (Wildman–Crippen LogP) is 4.98. The number of hydrogen-bond donors (Lipinski definition) is 1. The predicted molar refractivity (Wildman–Crippen MR) is 91.6 cm³/mol. The Morgan fingerprint density at radius 1 is 0.952 bits per heavy atom. The van der Waals surface area contributed by atoms with Crippen LogP contribution in [0.25, 0.3) is 21.8 Å². The van der Waals surface area contributed by atoms with E-state index in [2.05, 4.69) is 39.0 Å². The van der Waals surface area contributed by atoms with Crippen LogP contribution in [0.2, 0.25) is 0 Å². The van der Waals surface area contributed by atoms with Gasteiger partial charge in [0.05, 0.1) is 5.69 Å². The molecule has 2 N–H and O–H groups in total. The SMILES string of the molecule is Cc1ccc(C)c(-c2nc(-c3ccccc3N)sc2C)c1. The minimum atomic E-state index is 0.777. The maximum Gasteiger partial charge on any atom is 0.126 e. The number of anilines is 1. The standard InChI is InChI=1S/C18H18N2S/c1-11-8-9-12(2)15(10-11)17-13(3)21-18(20-17)14-6-4-5-7-16(14)19/h4-10H,19H2,1-3H3. The fraction of sp³-hybridized carbons (Fsp3) is 0.167. The van der Waals surface area contributed by atoms with Gasteiger partial charge in [0, 0.05) is 21.7 Å². The van der Waals surface area contributed by atoms with Crippen LogP contribution < -0.4 is 5.73 Å². The Balaban J connectivity index is 2.15. The summed E-state index contributed by atoms with van der Waals surface area (Å²) < 4.78 is 0. The highest BCUT2D eigenvalue weighted by atomic mass is 32.1. The van der Waals surface area contributed by atoms with Gasteiger partial charge in [-0.3, -0.25) is 0 Å². The summed E-state index contributed by atoms with van der Waals surface area (Å²) in [6.07, 6.45) is 0. The highest BCUT2D eigenvalue weighted by Gasteiger charge is 2.14. The van der Waals surface area contributed by atoms with Gasteiger partial charge in [0.2, 0.25) is 0 Å². The van der Waals surface area contributed by atoms with Crippen LogP contribution in [0, 0.1) is 20.8 Å². The normalized spacial score (nSPS) is 10.8. The first-order chi connectivity index (χ1) is 10.1. The minimum Gasteiger partial charge on any atom is -0.398 e. The van der Waals surface area contributed by atoms with Gasteiger partial charge in [0.15, 0.2) is 0 Å². The molecule has 0 atom stereocenters. The Morgan fingerprint density at radius 3 is 2.48 bits per heavy atom. The Hall–Kier alpha value is -2.13. The largest absolute Gasteiger partial charge is 0.398 e. The third-order valence-corrected chi connectivity index (χ3v) is 4.64. The molecule has 0 spiro atoms. The van der Waals surface area contributed by atoms with Gasteiger partial charge in [-0.25, -0.2) is 4.98 Å². The van der Waals surface area contributed by atoms with Crippen LogP contribution in [0.15, 0.2) is 42.5 Å². The quantitative estimate of drug-likeness (QED) is 0.677. The Labute approximate surface area is 129 Å². The third kappa shape index (κ3) is 2.57. The number of hydrogen-bond acceptors (Lipinski definition) is 3. The zero-order valence-electron chi connectivity index (χ0n) is 12.5. The molecule has 106 valence electrons. The van der Waals surface area contributed by atoms with Crippen molar-refractivity contribution in [2.45, 2.75) is 20.8 Å². The number of aryl methyl sites for hydroxylation is 3. The highest BCUT2D eigenvalue weighted by molar-refractivity contribution is 7.15. The van der Waals surface area contributed by atoms with Crippen molar-refractivity contribution in [2.24, 2.45) is 0 Å². The zero-order valence-corrected chi connectivity index (χ0v) is 13.3. The average Bonchev–Trinajstić information content (AvgIpc) is 2.84. The first kappa shape index (κ1) is 13.8. The lowest BCUT2D eigenvalue weighted by Gasteiger charge is -2.05. The molecule has 0 radical (unpaired) electrons. The molecule has 21 heavy (non-hydrogen) atoms. The van der Waals surface area contributed by atoms with Gasteiger partial charge in [-0.2, -0.15) is 0 Å². The van der Waals surface area contributed by atoms with Gasteiger partial charge in [0.1, 0.15) is 5.01 Å². The number of nitrogens with two attached hydrogens (primary N) is 1. The Kier molecular flexibility index (Phi) is 3.52. The smallest absolute Gasteiger partial charge is 0.126 e. The highest BCUT2D eigenvalue weighted by Crippen LogP contribution is 2.36. The second-order valence-corrected chi connectivity index (χ2v) is 6.53. The monoisotopic (exact) mass is 294 g/mol. The van der Waals surface area contributed by atoms with Crippen molar-refractivity contribution in [2.75, 3.05) is 5.73 Å². The summed E-state index contributed by atoms with van der Waals surface area (Å²) in [6.45, 7) is 6.36. The second-order valence-electron chi connectivity index (χ2n) is 5.33. The molecule has 0 aliphatic carbocycles. The molecule has 0 bridgehead atoms.